The first-order chi connectivity index (χ1) is 19.3. The summed E-state index contributed by atoms with van der Waals surface area (Å²) in [5.74, 6) is 1.47. The average molecular weight is 518 g/mol. The normalized spacial score (nSPS) is 12.1. The fraction of sp³-hybridized carbons (Fsp3) is 0. The monoisotopic (exact) mass is 517 g/mol. The number of hydrogen-bond donors (Lipinski definition) is 0. The van der Waals surface area contributed by atoms with E-state index in [0.29, 0.717) is 11.5 Å². The highest BCUT2D eigenvalue weighted by atomic mass is 32.1. The fourth-order valence-corrected chi connectivity index (χ4v) is 7.03. The van der Waals surface area contributed by atoms with E-state index in [2.05, 4.69) is 71.3 Å². The van der Waals surface area contributed by atoms with Crippen LogP contribution in [0.2, 0.25) is 0 Å². The average Bonchev–Trinajstić information content (AvgIpc) is 3.65. The van der Waals surface area contributed by atoms with E-state index in [4.69, 9.17) is 14.4 Å². The molecule has 9 rings (SSSR count). The Hall–Kier alpha value is -5.00. The zero-order chi connectivity index (χ0) is 25.5. The predicted molar refractivity (Wildman–Crippen MR) is 162 cm³/mol. The number of aromatic nitrogens is 3. The van der Waals surface area contributed by atoms with Crippen LogP contribution in [0, 0.1) is 0 Å². The molecular weight excluding hydrogens is 498 g/mol. The van der Waals surface area contributed by atoms with E-state index in [0.717, 1.165) is 38.8 Å². The molecular formula is C34H19N3OS. The van der Waals surface area contributed by atoms with Crippen LogP contribution < -0.4 is 0 Å². The maximum atomic E-state index is 6.33. The standard InChI is InChI=1S/C34H19N3OS/c1-2-10-20(11-3-1)32-35-33(31-23-14-5-8-16-28(23)38-34(31)36-32)37-26-15-7-4-12-21(26)24-19-30-25(18-27(24)37)22-13-6-9-17-29(22)39-30/h1-19H. The van der Waals surface area contributed by atoms with Crippen LogP contribution in [-0.4, -0.2) is 14.5 Å². The minimum absolute atomic E-state index is 0.591. The molecule has 5 heteroatoms. The summed E-state index contributed by atoms with van der Waals surface area (Å²) in [6, 6.07) is 40.2. The molecule has 0 atom stereocenters. The molecule has 0 spiro atoms. The van der Waals surface area contributed by atoms with Crippen molar-refractivity contribution in [2.24, 2.45) is 0 Å². The molecule has 4 nitrogen and oxygen atoms in total. The fourth-order valence-electron chi connectivity index (χ4n) is 5.90. The summed E-state index contributed by atoms with van der Waals surface area (Å²) in [4.78, 5) is 10.2. The largest absolute Gasteiger partial charge is 0.437 e. The molecule has 0 bridgehead atoms. The third-order valence-corrected chi connectivity index (χ3v) is 8.77. The molecule has 0 saturated heterocycles. The quantitative estimate of drug-likeness (QED) is 0.229. The van der Waals surface area contributed by atoms with Crippen LogP contribution >= 0.6 is 11.3 Å². The minimum Gasteiger partial charge on any atom is -0.437 e. The lowest BCUT2D eigenvalue weighted by Crippen LogP contribution is -2.01. The highest BCUT2D eigenvalue weighted by molar-refractivity contribution is 7.25. The van der Waals surface area contributed by atoms with Gasteiger partial charge in [0.15, 0.2) is 11.6 Å². The van der Waals surface area contributed by atoms with Gasteiger partial charge in [0.2, 0.25) is 5.71 Å². The number of nitrogens with zero attached hydrogens (tertiary/aromatic N) is 3. The molecule has 0 aliphatic heterocycles. The molecule has 0 unspecified atom stereocenters. The first kappa shape index (κ1) is 21.0. The molecule has 39 heavy (non-hydrogen) atoms. The zero-order valence-corrected chi connectivity index (χ0v) is 21.4. The molecule has 0 amide bonds. The van der Waals surface area contributed by atoms with E-state index in [1.807, 2.05) is 59.9 Å². The van der Waals surface area contributed by atoms with Gasteiger partial charge in [-0.1, -0.05) is 84.9 Å². The third-order valence-electron chi connectivity index (χ3n) is 7.63. The Morgan fingerprint density at radius 2 is 1.31 bits per heavy atom. The Balaban J connectivity index is 1.49. The van der Waals surface area contributed by atoms with Crippen LogP contribution in [-0.2, 0) is 0 Å². The Morgan fingerprint density at radius 1 is 0.564 bits per heavy atom. The summed E-state index contributed by atoms with van der Waals surface area (Å²) in [5, 5.41) is 6.89. The SMILES string of the molecule is c1ccc(-c2nc(-n3c4ccccc4c4cc5sc6ccccc6c5cc43)c3c(n2)oc2ccccc23)cc1. The van der Waals surface area contributed by atoms with Crippen LogP contribution in [0.3, 0.4) is 0 Å². The first-order valence-corrected chi connectivity index (χ1v) is 13.7. The van der Waals surface area contributed by atoms with Gasteiger partial charge in [-0.3, -0.25) is 4.57 Å². The Labute approximate surface area is 226 Å². The van der Waals surface area contributed by atoms with Crippen LogP contribution in [0.1, 0.15) is 0 Å². The lowest BCUT2D eigenvalue weighted by Gasteiger charge is -2.10. The van der Waals surface area contributed by atoms with Crippen molar-refractivity contribution >= 4 is 75.4 Å². The van der Waals surface area contributed by atoms with Crippen LogP contribution in [0.5, 0.6) is 0 Å². The van der Waals surface area contributed by atoms with Gasteiger partial charge in [-0.25, -0.2) is 4.98 Å². The highest BCUT2D eigenvalue weighted by Gasteiger charge is 2.22. The minimum atomic E-state index is 0.591. The van der Waals surface area contributed by atoms with E-state index in [1.54, 1.807) is 0 Å². The van der Waals surface area contributed by atoms with Crippen molar-refractivity contribution in [3.8, 4) is 17.2 Å². The smallest absolute Gasteiger partial charge is 0.233 e. The predicted octanol–water partition coefficient (Wildman–Crippen LogP) is 9.51. The molecule has 4 aromatic heterocycles. The van der Waals surface area contributed by atoms with Gasteiger partial charge < -0.3 is 4.42 Å². The van der Waals surface area contributed by atoms with Crippen molar-refractivity contribution in [1.29, 1.82) is 0 Å². The van der Waals surface area contributed by atoms with E-state index in [9.17, 15) is 0 Å². The second-order valence-electron chi connectivity index (χ2n) is 9.83. The number of para-hydroxylation sites is 2. The first-order valence-electron chi connectivity index (χ1n) is 12.9. The second-order valence-corrected chi connectivity index (χ2v) is 10.9. The number of furan rings is 1. The van der Waals surface area contributed by atoms with E-state index in [-0.39, 0.29) is 0 Å². The Kier molecular flexibility index (Phi) is 4.18. The second kappa shape index (κ2) is 7.76. The van der Waals surface area contributed by atoms with Crippen molar-refractivity contribution in [2.75, 3.05) is 0 Å². The van der Waals surface area contributed by atoms with Gasteiger partial charge in [-0.2, -0.15) is 4.98 Å². The molecule has 5 aromatic carbocycles. The number of benzene rings is 5. The Bertz CT molecular complexity index is 2400. The summed E-state index contributed by atoms with van der Waals surface area (Å²) in [6.07, 6.45) is 0. The lowest BCUT2D eigenvalue weighted by molar-refractivity contribution is 0.653. The number of rotatable bonds is 2. The molecule has 0 aliphatic carbocycles. The van der Waals surface area contributed by atoms with Gasteiger partial charge in [-0.05, 0) is 30.3 Å². The van der Waals surface area contributed by atoms with Gasteiger partial charge in [-0.15, -0.1) is 11.3 Å². The summed E-state index contributed by atoms with van der Waals surface area (Å²) in [5.41, 5.74) is 4.58. The van der Waals surface area contributed by atoms with Crippen molar-refractivity contribution in [3.05, 3.63) is 115 Å². The molecule has 0 aliphatic rings. The summed E-state index contributed by atoms with van der Waals surface area (Å²) in [6.45, 7) is 0. The van der Waals surface area contributed by atoms with E-state index < -0.39 is 0 Å². The van der Waals surface area contributed by atoms with Crippen molar-refractivity contribution in [1.82, 2.24) is 14.5 Å². The van der Waals surface area contributed by atoms with Crippen LogP contribution in [0.25, 0.3) is 81.3 Å². The highest BCUT2D eigenvalue weighted by Crippen LogP contribution is 2.42. The van der Waals surface area contributed by atoms with Gasteiger partial charge in [0, 0.05) is 41.9 Å². The number of fused-ring (bicyclic) bond motifs is 9. The summed E-state index contributed by atoms with van der Waals surface area (Å²) < 4.78 is 11.2. The number of thiophene rings is 1. The van der Waals surface area contributed by atoms with Crippen molar-refractivity contribution in [2.45, 2.75) is 0 Å². The molecule has 0 fully saturated rings. The van der Waals surface area contributed by atoms with Crippen molar-refractivity contribution < 1.29 is 4.42 Å². The van der Waals surface area contributed by atoms with Gasteiger partial charge >= 0.3 is 0 Å². The molecule has 0 N–H and O–H groups in total. The molecule has 182 valence electrons. The molecule has 4 heterocycles. The summed E-state index contributed by atoms with van der Waals surface area (Å²) >= 11 is 1.85. The molecule has 0 radical (unpaired) electrons. The van der Waals surface area contributed by atoms with Gasteiger partial charge in [0.05, 0.1) is 16.4 Å². The maximum Gasteiger partial charge on any atom is 0.233 e. The number of hydrogen-bond acceptors (Lipinski definition) is 4. The van der Waals surface area contributed by atoms with E-state index in [1.165, 1.54) is 30.9 Å². The molecule has 9 aromatic rings. The molecule has 0 saturated carbocycles. The van der Waals surface area contributed by atoms with E-state index >= 15 is 0 Å². The lowest BCUT2D eigenvalue weighted by atomic mass is 10.1. The van der Waals surface area contributed by atoms with Crippen molar-refractivity contribution in [3.63, 3.8) is 0 Å². The third kappa shape index (κ3) is 2.93. The van der Waals surface area contributed by atoms with Gasteiger partial charge in [0.1, 0.15) is 5.58 Å². The maximum absolute atomic E-state index is 6.33. The zero-order valence-electron chi connectivity index (χ0n) is 20.6. The topological polar surface area (TPSA) is 43.9 Å². The Morgan fingerprint density at radius 3 is 2.21 bits per heavy atom. The van der Waals surface area contributed by atoms with Crippen LogP contribution in [0.4, 0.5) is 0 Å². The van der Waals surface area contributed by atoms with Gasteiger partial charge in [0.25, 0.3) is 0 Å². The summed E-state index contributed by atoms with van der Waals surface area (Å²) in [7, 11) is 0. The van der Waals surface area contributed by atoms with Crippen LogP contribution in [0.15, 0.2) is 120 Å².